The normalized spacial score (nSPS) is 15.9. The molecule has 0 aliphatic carbocycles. The number of thiazole rings is 1. The van der Waals surface area contributed by atoms with Gasteiger partial charge in [-0.05, 0) is 36.1 Å². The molecule has 1 atom stereocenters. The molecule has 0 unspecified atom stereocenters. The lowest BCUT2D eigenvalue weighted by Crippen LogP contribution is -2.67. The van der Waals surface area contributed by atoms with E-state index in [4.69, 9.17) is 10.6 Å². The smallest absolute Gasteiger partial charge is 0.363 e. The quantitative estimate of drug-likeness (QED) is 0.0673. The van der Waals surface area contributed by atoms with Crippen molar-refractivity contribution in [1.29, 1.82) is 0 Å². The van der Waals surface area contributed by atoms with Crippen LogP contribution in [0, 0.1) is 0 Å². The number of carbonyl (C=O) groups is 4. The molecule has 1 fully saturated rings. The summed E-state index contributed by atoms with van der Waals surface area (Å²) in [6.45, 7) is 1.62. The Morgan fingerprint density at radius 3 is 2.55 bits per heavy atom. The van der Waals surface area contributed by atoms with Crippen molar-refractivity contribution in [2.24, 2.45) is 14.8 Å². The average Bonchev–Trinajstić information content (AvgIpc) is 3.28. The van der Waals surface area contributed by atoms with Crippen LogP contribution in [-0.4, -0.2) is 81.3 Å². The van der Waals surface area contributed by atoms with Gasteiger partial charge in [0.05, 0.1) is 13.1 Å². The van der Waals surface area contributed by atoms with Crippen LogP contribution in [0.1, 0.15) is 25.1 Å². The molecule has 18 nitrogen and oxygen atoms in total. The molecule has 0 spiro atoms. The van der Waals surface area contributed by atoms with Crippen molar-refractivity contribution < 1.29 is 47.8 Å². The minimum absolute atomic E-state index is 0.0649. The first kappa shape index (κ1) is 29.7. The molecule has 0 radical (unpaired) electrons. The molecule has 1 aliphatic heterocycles. The number of β-lactam (4-membered cyclic amide) rings is 1. The van der Waals surface area contributed by atoms with E-state index in [0.717, 1.165) is 23.5 Å². The summed E-state index contributed by atoms with van der Waals surface area (Å²) in [5.74, 6) is -4.19. The fourth-order valence-electron chi connectivity index (χ4n) is 2.78. The van der Waals surface area contributed by atoms with Crippen LogP contribution in [0.2, 0.25) is 0 Å². The van der Waals surface area contributed by atoms with Crippen LogP contribution in [0.3, 0.4) is 0 Å². The Bertz CT molecular complexity index is 1520. The van der Waals surface area contributed by atoms with Crippen molar-refractivity contribution in [1.82, 2.24) is 19.9 Å². The number of phenols is 2. The van der Waals surface area contributed by atoms with Gasteiger partial charge in [0.25, 0.3) is 11.8 Å². The zero-order valence-corrected chi connectivity index (χ0v) is 22.3. The maximum atomic E-state index is 12.8. The van der Waals surface area contributed by atoms with E-state index in [-0.39, 0.29) is 23.1 Å². The number of rotatable bonds is 10. The molecule has 0 bridgehead atoms. The van der Waals surface area contributed by atoms with Gasteiger partial charge >= 0.3 is 22.2 Å². The topological polar surface area (TPSA) is 276 Å². The predicted octanol–water partition coefficient (Wildman–Crippen LogP) is -0.346. The summed E-state index contributed by atoms with van der Waals surface area (Å²) in [6, 6.07) is 1.02. The molecule has 214 valence electrons. The van der Waals surface area contributed by atoms with E-state index in [2.05, 4.69) is 25.1 Å². The SMILES string of the molecule is CC(C)(ON=C(C(=O)N[C@H]1CN(C(=O)NS(=O)(=O)N=NCc2ccc(O)c(O)c2)C1=O)c1csc(N)n1)C(=O)O. The number of nitrogen functional groups attached to an aromatic ring is 1. The number of phenolic OH excluding ortho intramolecular Hbond substituents is 2. The molecular formula is C20H22N8O10S2. The largest absolute Gasteiger partial charge is 0.504 e. The molecule has 1 aromatic heterocycles. The summed E-state index contributed by atoms with van der Waals surface area (Å²) in [5, 5.41) is 38.6. The van der Waals surface area contributed by atoms with Crippen LogP contribution in [0.15, 0.2) is 38.4 Å². The molecule has 2 heterocycles. The standard InChI is InChI=1S/C20H22N8O10S2/c1-20(2,17(33)34)38-25-14(11-8-39-18(21)24-11)15(31)23-10-7-28(16(10)32)19(35)26-40(36,37)27-22-6-9-3-4-12(29)13(30)5-9/h3-5,8,10,29-30H,6-7H2,1-2H3,(H2,21,24)(H,23,31)(H,26,35)(H,33,34)/t10-/m0/s1. The third kappa shape index (κ3) is 7.17. The highest BCUT2D eigenvalue weighted by Crippen LogP contribution is 2.25. The second-order valence-electron chi connectivity index (χ2n) is 8.48. The molecule has 1 aromatic carbocycles. The lowest BCUT2D eigenvalue weighted by atomic mass is 10.1. The van der Waals surface area contributed by atoms with Crippen LogP contribution in [0.5, 0.6) is 11.5 Å². The van der Waals surface area contributed by atoms with E-state index < -0.39 is 63.7 Å². The van der Waals surface area contributed by atoms with Crippen molar-refractivity contribution in [2.75, 3.05) is 12.3 Å². The number of anilines is 1. The zero-order valence-electron chi connectivity index (χ0n) is 20.6. The first-order valence-corrected chi connectivity index (χ1v) is 13.2. The van der Waals surface area contributed by atoms with Gasteiger partial charge < -0.3 is 31.2 Å². The number of nitrogens with zero attached hydrogens (tertiary/aromatic N) is 5. The molecular weight excluding hydrogens is 576 g/mol. The van der Waals surface area contributed by atoms with Gasteiger partial charge in [0, 0.05) is 5.38 Å². The van der Waals surface area contributed by atoms with Crippen molar-refractivity contribution in [3.8, 4) is 11.5 Å². The fraction of sp³-hybridized carbons (Fsp3) is 0.300. The number of amides is 4. The summed E-state index contributed by atoms with van der Waals surface area (Å²) >= 11 is 0.955. The van der Waals surface area contributed by atoms with Crippen molar-refractivity contribution in [2.45, 2.75) is 32.0 Å². The maximum Gasteiger partial charge on any atom is 0.363 e. The number of imide groups is 1. The lowest BCUT2D eigenvalue weighted by molar-refractivity contribution is -0.161. The third-order valence-corrected chi connectivity index (χ3v) is 6.45. The predicted molar refractivity (Wildman–Crippen MR) is 135 cm³/mol. The van der Waals surface area contributed by atoms with Gasteiger partial charge in [-0.3, -0.25) is 14.5 Å². The third-order valence-electron chi connectivity index (χ3n) is 5.01. The maximum absolute atomic E-state index is 12.8. The Hall–Kier alpha value is -4.85. The fourth-order valence-corrected chi connectivity index (χ4v) is 3.91. The number of carboxylic acids is 1. The van der Waals surface area contributed by atoms with Crippen LogP contribution in [-0.2, 0) is 36.0 Å². The number of oxime groups is 1. The Morgan fingerprint density at radius 1 is 1.27 bits per heavy atom. The number of aromatic hydroxyl groups is 2. The van der Waals surface area contributed by atoms with Crippen LogP contribution in [0.25, 0.3) is 0 Å². The number of nitrogens with one attached hydrogen (secondary N) is 2. The summed E-state index contributed by atoms with van der Waals surface area (Å²) in [5.41, 5.74) is 3.50. The molecule has 7 N–H and O–H groups in total. The number of hydrogen-bond donors (Lipinski definition) is 6. The van der Waals surface area contributed by atoms with Crippen molar-refractivity contribution in [3.63, 3.8) is 0 Å². The van der Waals surface area contributed by atoms with Gasteiger partial charge in [0.1, 0.15) is 11.7 Å². The van der Waals surface area contributed by atoms with E-state index in [1.807, 2.05) is 0 Å². The number of urea groups is 1. The van der Waals surface area contributed by atoms with E-state index in [0.29, 0.717) is 10.5 Å². The lowest BCUT2D eigenvalue weighted by Gasteiger charge is -2.36. The number of carboxylic acid groups (broad SMARTS) is 1. The minimum Gasteiger partial charge on any atom is -0.504 e. The summed E-state index contributed by atoms with van der Waals surface area (Å²) < 4.78 is 28.6. The molecule has 4 amide bonds. The van der Waals surface area contributed by atoms with E-state index >= 15 is 0 Å². The number of benzene rings is 1. The summed E-state index contributed by atoms with van der Waals surface area (Å²) in [7, 11) is -4.67. The Kier molecular flexibility index (Phi) is 8.53. The molecule has 0 saturated carbocycles. The summed E-state index contributed by atoms with van der Waals surface area (Å²) in [4.78, 5) is 58.1. The second-order valence-corrected chi connectivity index (χ2v) is 10.7. The highest BCUT2D eigenvalue weighted by Gasteiger charge is 2.43. The van der Waals surface area contributed by atoms with Crippen LogP contribution >= 0.6 is 11.3 Å². The van der Waals surface area contributed by atoms with Gasteiger partial charge in [-0.25, -0.2) is 19.3 Å². The molecule has 3 rings (SSSR count). The van der Waals surface area contributed by atoms with Gasteiger partial charge in [0.2, 0.25) is 5.60 Å². The number of nitrogens with two attached hydrogens (primary N) is 1. The Labute approximate surface area is 229 Å². The summed E-state index contributed by atoms with van der Waals surface area (Å²) in [6.07, 6.45) is 0. The number of hydrogen-bond acceptors (Lipinski definition) is 14. The van der Waals surface area contributed by atoms with Gasteiger partial charge in [-0.2, -0.15) is 13.5 Å². The monoisotopic (exact) mass is 598 g/mol. The Balaban J connectivity index is 1.60. The minimum atomic E-state index is -4.67. The van der Waals surface area contributed by atoms with Gasteiger partial charge in [0.15, 0.2) is 22.3 Å². The van der Waals surface area contributed by atoms with E-state index in [9.17, 15) is 42.9 Å². The van der Waals surface area contributed by atoms with Crippen molar-refractivity contribution >= 4 is 56.2 Å². The number of carbonyl (C=O) groups excluding carboxylic acids is 3. The number of aliphatic carboxylic acids is 1. The van der Waals surface area contributed by atoms with Crippen molar-refractivity contribution in [3.05, 3.63) is 34.8 Å². The second kappa shape index (κ2) is 11.5. The molecule has 20 heteroatoms. The van der Waals surface area contributed by atoms with E-state index in [1.165, 1.54) is 30.0 Å². The molecule has 1 saturated heterocycles. The highest BCUT2D eigenvalue weighted by atomic mass is 32.2. The Morgan fingerprint density at radius 2 is 1.98 bits per heavy atom. The van der Waals surface area contributed by atoms with Crippen LogP contribution < -0.4 is 15.8 Å². The number of aromatic nitrogens is 1. The van der Waals surface area contributed by atoms with E-state index in [1.54, 1.807) is 0 Å². The average molecular weight is 599 g/mol. The molecule has 40 heavy (non-hydrogen) atoms. The van der Waals surface area contributed by atoms with Crippen LogP contribution in [0.4, 0.5) is 9.93 Å². The molecule has 2 aromatic rings. The van der Waals surface area contributed by atoms with Gasteiger partial charge in [-0.15, -0.1) is 11.3 Å². The first-order chi connectivity index (χ1) is 18.6. The zero-order chi connectivity index (χ0) is 29.8. The number of likely N-dealkylation sites (tertiary alicyclic amines) is 1. The molecule has 1 aliphatic rings. The first-order valence-electron chi connectivity index (χ1n) is 10.9. The highest BCUT2D eigenvalue weighted by molar-refractivity contribution is 7.88. The van der Waals surface area contributed by atoms with Gasteiger partial charge in [-0.1, -0.05) is 11.2 Å².